The third-order valence-corrected chi connectivity index (χ3v) is 6.62. The number of aryl methyl sites for hydroxylation is 1. The van der Waals surface area contributed by atoms with Crippen molar-refractivity contribution in [1.29, 1.82) is 0 Å². The van der Waals surface area contributed by atoms with Gasteiger partial charge in [0.25, 0.3) is 0 Å². The molecule has 0 spiro atoms. The maximum Gasteiger partial charge on any atom is 0.240 e. The molecule has 0 aliphatic carbocycles. The molecule has 2 heterocycles. The van der Waals surface area contributed by atoms with Gasteiger partial charge in [-0.1, -0.05) is 30.3 Å². The molecule has 0 saturated carbocycles. The second-order valence-corrected chi connectivity index (χ2v) is 8.97. The number of benzene rings is 2. The molecule has 28 heavy (non-hydrogen) atoms. The van der Waals surface area contributed by atoms with Gasteiger partial charge in [-0.2, -0.15) is 0 Å². The molecule has 2 aromatic carbocycles. The predicted molar refractivity (Wildman–Crippen MR) is 109 cm³/mol. The number of likely N-dealkylation sites (tertiary alicyclic amines) is 1. The van der Waals surface area contributed by atoms with E-state index < -0.39 is 10.0 Å². The Bertz CT molecular complexity index is 985. The second-order valence-electron chi connectivity index (χ2n) is 7.25. The molecule has 4 rings (SSSR count). The summed E-state index contributed by atoms with van der Waals surface area (Å²) >= 11 is 0. The van der Waals surface area contributed by atoms with Gasteiger partial charge in [0.15, 0.2) is 11.5 Å². The molecule has 1 atom stereocenters. The number of fused-ring (bicyclic) bond motifs is 1. The fraction of sp³-hybridized carbons (Fsp3) is 0.381. The standard InChI is InChI=1S/C21H25N3O3S/c25-28(26,18-9-2-1-3-10-18)23-17-8-6-14-24(16-17)15-7-13-21-22-19-11-4-5-12-20(19)27-21/h1-5,9-12,17,23H,6-8,13-16H2/t17-/m0/s1. The summed E-state index contributed by atoms with van der Waals surface area (Å²) in [6.45, 7) is 2.64. The predicted octanol–water partition coefficient (Wildman–Crippen LogP) is 3.20. The van der Waals surface area contributed by atoms with Gasteiger partial charge in [-0.05, 0) is 56.6 Å². The van der Waals surface area contributed by atoms with Crippen LogP contribution in [0.4, 0.5) is 0 Å². The summed E-state index contributed by atoms with van der Waals surface area (Å²) in [5.74, 6) is 0.763. The fourth-order valence-corrected chi connectivity index (χ4v) is 5.01. The van der Waals surface area contributed by atoms with Crippen LogP contribution in [-0.4, -0.2) is 44.0 Å². The van der Waals surface area contributed by atoms with Gasteiger partial charge in [-0.15, -0.1) is 0 Å². The van der Waals surface area contributed by atoms with E-state index in [0.717, 1.165) is 62.3 Å². The number of sulfonamides is 1. The van der Waals surface area contributed by atoms with Crippen molar-refractivity contribution in [3.63, 3.8) is 0 Å². The van der Waals surface area contributed by atoms with Crippen LogP contribution in [0.3, 0.4) is 0 Å². The van der Waals surface area contributed by atoms with Gasteiger partial charge in [0, 0.05) is 19.0 Å². The molecule has 0 unspecified atom stereocenters. The second kappa shape index (κ2) is 8.43. The summed E-state index contributed by atoms with van der Waals surface area (Å²) < 4.78 is 33.7. The zero-order valence-electron chi connectivity index (χ0n) is 15.8. The number of piperidine rings is 1. The van der Waals surface area contributed by atoms with Crippen LogP contribution in [0.1, 0.15) is 25.2 Å². The van der Waals surface area contributed by atoms with Crippen LogP contribution in [0.25, 0.3) is 11.1 Å². The van der Waals surface area contributed by atoms with E-state index in [4.69, 9.17) is 4.42 Å². The quantitative estimate of drug-likeness (QED) is 0.660. The van der Waals surface area contributed by atoms with Gasteiger partial charge >= 0.3 is 0 Å². The van der Waals surface area contributed by atoms with E-state index in [1.807, 2.05) is 30.3 Å². The molecule has 1 aliphatic rings. The Hall–Kier alpha value is -2.22. The normalized spacial score (nSPS) is 18.5. The summed E-state index contributed by atoms with van der Waals surface area (Å²) in [7, 11) is -3.46. The van der Waals surface area contributed by atoms with Gasteiger partial charge in [0.05, 0.1) is 4.90 Å². The summed E-state index contributed by atoms with van der Waals surface area (Å²) in [6, 6.07) is 16.3. The van der Waals surface area contributed by atoms with Crippen LogP contribution in [-0.2, 0) is 16.4 Å². The lowest BCUT2D eigenvalue weighted by Crippen LogP contribution is -2.47. The zero-order chi connectivity index (χ0) is 19.4. The molecule has 148 valence electrons. The molecule has 1 aromatic heterocycles. The first-order valence-corrected chi connectivity index (χ1v) is 11.2. The van der Waals surface area contributed by atoms with Crippen LogP contribution in [0.15, 0.2) is 63.9 Å². The van der Waals surface area contributed by atoms with Crippen LogP contribution in [0.5, 0.6) is 0 Å². The fourth-order valence-electron chi connectivity index (χ4n) is 3.72. The number of aromatic nitrogens is 1. The lowest BCUT2D eigenvalue weighted by Gasteiger charge is -2.32. The van der Waals surface area contributed by atoms with Crippen LogP contribution in [0.2, 0.25) is 0 Å². The maximum absolute atomic E-state index is 12.5. The summed E-state index contributed by atoms with van der Waals surface area (Å²) in [5, 5.41) is 0. The molecule has 1 N–H and O–H groups in total. The smallest absolute Gasteiger partial charge is 0.240 e. The first-order valence-electron chi connectivity index (χ1n) is 9.74. The Morgan fingerprint density at radius 1 is 1.11 bits per heavy atom. The molecule has 6 nitrogen and oxygen atoms in total. The average Bonchev–Trinajstić information content (AvgIpc) is 3.11. The Morgan fingerprint density at radius 3 is 2.71 bits per heavy atom. The highest BCUT2D eigenvalue weighted by Gasteiger charge is 2.25. The number of rotatable bonds is 7. The third-order valence-electron chi connectivity index (χ3n) is 5.08. The minimum absolute atomic E-state index is 0.0525. The number of hydrogen-bond donors (Lipinski definition) is 1. The minimum Gasteiger partial charge on any atom is -0.441 e. The Labute approximate surface area is 165 Å². The molecule has 1 aliphatic heterocycles. The van der Waals surface area contributed by atoms with Crippen molar-refractivity contribution < 1.29 is 12.8 Å². The molecule has 0 radical (unpaired) electrons. The average molecular weight is 400 g/mol. The number of hydrogen-bond acceptors (Lipinski definition) is 5. The van der Waals surface area contributed by atoms with Crippen molar-refractivity contribution in [1.82, 2.24) is 14.6 Å². The Balaban J connectivity index is 1.29. The lowest BCUT2D eigenvalue weighted by atomic mass is 10.1. The highest BCUT2D eigenvalue weighted by Crippen LogP contribution is 2.17. The van der Waals surface area contributed by atoms with E-state index >= 15 is 0 Å². The van der Waals surface area contributed by atoms with Crippen LogP contribution < -0.4 is 4.72 Å². The van der Waals surface area contributed by atoms with Crippen LogP contribution >= 0.6 is 0 Å². The van der Waals surface area contributed by atoms with E-state index in [9.17, 15) is 8.42 Å². The molecule has 1 fully saturated rings. The van der Waals surface area contributed by atoms with E-state index in [-0.39, 0.29) is 6.04 Å². The molecule has 0 bridgehead atoms. The topological polar surface area (TPSA) is 75.4 Å². The van der Waals surface area contributed by atoms with Crippen LogP contribution in [0, 0.1) is 0 Å². The van der Waals surface area contributed by atoms with Crippen molar-refractivity contribution in [2.24, 2.45) is 0 Å². The van der Waals surface area contributed by atoms with Gasteiger partial charge in [-0.25, -0.2) is 18.1 Å². The van der Waals surface area contributed by atoms with Crippen molar-refractivity contribution >= 4 is 21.1 Å². The molecule has 0 amide bonds. The summed E-state index contributed by atoms with van der Waals surface area (Å²) in [5.41, 5.74) is 1.72. The van der Waals surface area contributed by atoms with Gasteiger partial charge in [-0.3, -0.25) is 0 Å². The largest absolute Gasteiger partial charge is 0.441 e. The summed E-state index contributed by atoms with van der Waals surface area (Å²) in [4.78, 5) is 7.16. The molecular formula is C21H25N3O3S. The van der Waals surface area contributed by atoms with E-state index in [1.54, 1.807) is 24.3 Å². The van der Waals surface area contributed by atoms with E-state index in [2.05, 4.69) is 14.6 Å². The highest BCUT2D eigenvalue weighted by molar-refractivity contribution is 7.89. The highest BCUT2D eigenvalue weighted by atomic mass is 32.2. The number of nitrogens with zero attached hydrogens (tertiary/aromatic N) is 2. The molecule has 7 heteroatoms. The first kappa shape index (κ1) is 19.1. The Morgan fingerprint density at radius 2 is 1.89 bits per heavy atom. The van der Waals surface area contributed by atoms with Crippen molar-refractivity contribution in [3.05, 3.63) is 60.5 Å². The van der Waals surface area contributed by atoms with Gasteiger partial charge in [0.1, 0.15) is 5.52 Å². The first-order chi connectivity index (χ1) is 13.6. The molecule has 3 aromatic rings. The monoisotopic (exact) mass is 399 g/mol. The van der Waals surface area contributed by atoms with Gasteiger partial charge < -0.3 is 9.32 Å². The zero-order valence-corrected chi connectivity index (χ0v) is 16.6. The van der Waals surface area contributed by atoms with Crippen molar-refractivity contribution in [3.8, 4) is 0 Å². The van der Waals surface area contributed by atoms with Crippen molar-refractivity contribution in [2.45, 2.75) is 36.6 Å². The van der Waals surface area contributed by atoms with Crippen molar-refractivity contribution in [2.75, 3.05) is 19.6 Å². The number of oxazole rings is 1. The third kappa shape index (κ3) is 4.60. The van der Waals surface area contributed by atoms with Gasteiger partial charge in [0.2, 0.25) is 10.0 Å². The number of nitrogens with one attached hydrogen (secondary N) is 1. The maximum atomic E-state index is 12.5. The lowest BCUT2D eigenvalue weighted by molar-refractivity contribution is 0.199. The van der Waals surface area contributed by atoms with E-state index in [0.29, 0.717) is 4.90 Å². The molecule has 1 saturated heterocycles. The SMILES string of the molecule is O=S(=O)(N[C@H]1CCCN(CCCc2nc3ccccc3o2)C1)c1ccccc1. The number of para-hydroxylation sites is 2. The summed E-state index contributed by atoms with van der Waals surface area (Å²) in [6.07, 6.45) is 3.58. The minimum atomic E-state index is -3.46. The Kier molecular flexibility index (Phi) is 5.75. The van der Waals surface area contributed by atoms with E-state index in [1.165, 1.54) is 0 Å². The molecular weight excluding hydrogens is 374 g/mol.